The fourth-order valence-electron chi connectivity index (χ4n) is 6.37. The Morgan fingerprint density at radius 3 is 2.17 bits per heavy atom. The molecule has 0 aromatic heterocycles. The predicted molar refractivity (Wildman–Crippen MR) is 83.6 cm³/mol. The van der Waals surface area contributed by atoms with Crippen molar-refractivity contribution < 1.29 is 19.3 Å². The summed E-state index contributed by atoms with van der Waals surface area (Å²) in [6.07, 6.45) is 6.67. The minimum absolute atomic E-state index is 0.228. The zero-order valence-electron chi connectivity index (χ0n) is 14.2. The Morgan fingerprint density at radius 2 is 1.61 bits per heavy atom. The summed E-state index contributed by atoms with van der Waals surface area (Å²) in [5, 5.41) is 14.3. The summed E-state index contributed by atoms with van der Waals surface area (Å²) in [5.41, 5.74) is 0.302. The van der Waals surface area contributed by atoms with Crippen LogP contribution in [0.15, 0.2) is 0 Å². The summed E-state index contributed by atoms with van der Waals surface area (Å²) < 4.78 is 17.5. The van der Waals surface area contributed by atoms with Crippen molar-refractivity contribution in [3.63, 3.8) is 0 Å². The van der Waals surface area contributed by atoms with Crippen LogP contribution in [0.4, 0.5) is 0 Å². The highest BCUT2D eigenvalue weighted by Gasteiger charge is 2.55. The molecule has 23 heavy (non-hydrogen) atoms. The van der Waals surface area contributed by atoms with E-state index in [2.05, 4.69) is 5.32 Å². The molecule has 6 aliphatic rings. The molecule has 0 radical (unpaired) electrons. The van der Waals surface area contributed by atoms with Crippen LogP contribution in [-0.4, -0.2) is 47.6 Å². The summed E-state index contributed by atoms with van der Waals surface area (Å²) in [4.78, 5) is 0. The Balaban J connectivity index is 1.23. The molecule has 4 saturated carbocycles. The van der Waals surface area contributed by atoms with Gasteiger partial charge in [0.25, 0.3) is 0 Å². The molecule has 2 heterocycles. The van der Waals surface area contributed by atoms with Crippen LogP contribution < -0.4 is 5.32 Å². The largest absolute Gasteiger partial charge is 0.387 e. The summed E-state index contributed by atoms with van der Waals surface area (Å²) in [5.74, 6) is 2.12. The number of hydrogen-bond acceptors (Lipinski definition) is 5. The monoisotopic (exact) mass is 323 g/mol. The minimum atomic E-state index is -0.658. The lowest BCUT2D eigenvalue weighted by molar-refractivity contribution is -0.214. The van der Waals surface area contributed by atoms with Crippen molar-refractivity contribution in [3.05, 3.63) is 0 Å². The smallest absolute Gasteiger partial charge is 0.190 e. The fourth-order valence-corrected chi connectivity index (χ4v) is 6.37. The molecule has 2 saturated heterocycles. The van der Waals surface area contributed by atoms with Gasteiger partial charge in [-0.2, -0.15) is 0 Å². The summed E-state index contributed by atoms with van der Waals surface area (Å²) in [7, 11) is 0. The van der Waals surface area contributed by atoms with E-state index >= 15 is 0 Å². The van der Waals surface area contributed by atoms with Crippen molar-refractivity contribution in [2.75, 3.05) is 6.54 Å². The van der Waals surface area contributed by atoms with E-state index in [1.54, 1.807) is 0 Å². The number of aliphatic hydroxyl groups is 1. The van der Waals surface area contributed by atoms with Gasteiger partial charge in [0.1, 0.15) is 18.3 Å². The molecule has 5 heteroatoms. The zero-order chi connectivity index (χ0) is 15.8. The van der Waals surface area contributed by atoms with Gasteiger partial charge in [0.05, 0.1) is 0 Å². The molecule has 6 rings (SSSR count). The quantitative estimate of drug-likeness (QED) is 0.829. The topological polar surface area (TPSA) is 60.0 Å². The standard InChI is InChI=1S/C18H29NO4/c1-17(2)22-15-14(20)13(21-16(15)23-17)9-19-18-6-10-3-11(7-18)5-12(4-10)8-18/h10-16,19-20H,3-9H2,1-2H3/t10?,11?,12?,13-,14+,15-,16-,18?/m1/s1. The first kappa shape index (κ1) is 15.1. The van der Waals surface area contributed by atoms with Crippen molar-refractivity contribution in [1.29, 1.82) is 0 Å². The molecule has 5 nitrogen and oxygen atoms in total. The third-order valence-corrected chi connectivity index (χ3v) is 6.83. The molecule has 6 fully saturated rings. The highest BCUT2D eigenvalue weighted by atomic mass is 16.8. The van der Waals surface area contributed by atoms with Gasteiger partial charge in [0, 0.05) is 12.1 Å². The molecule has 4 atom stereocenters. The van der Waals surface area contributed by atoms with E-state index in [0.717, 1.165) is 17.8 Å². The van der Waals surface area contributed by atoms with Gasteiger partial charge in [-0.1, -0.05) is 0 Å². The number of hydrogen-bond donors (Lipinski definition) is 2. The van der Waals surface area contributed by atoms with Crippen LogP contribution in [0, 0.1) is 17.8 Å². The lowest BCUT2D eigenvalue weighted by atomic mass is 9.53. The molecule has 2 aliphatic heterocycles. The van der Waals surface area contributed by atoms with Crippen LogP contribution in [0.25, 0.3) is 0 Å². The van der Waals surface area contributed by atoms with Gasteiger partial charge in [0.2, 0.25) is 0 Å². The Hall–Kier alpha value is -0.200. The molecular weight excluding hydrogens is 294 g/mol. The molecule has 4 bridgehead atoms. The van der Waals surface area contributed by atoms with Crippen molar-refractivity contribution in [3.8, 4) is 0 Å². The predicted octanol–water partition coefficient (Wildman–Crippen LogP) is 1.78. The van der Waals surface area contributed by atoms with Gasteiger partial charge >= 0.3 is 0 Å². The van der Waals surface area contributed by atoms with Crippen molar-refractivity contribution in [2.45, 2.75) is 88.3 Å². The first-order valence-electron chi connectivity index (χ1n) is 9.36. The van der Waals surface area contributed by atoms with Crippen LogP contribution in [0.2, 0.25) is 0 Å². The molecule has 130 valence electrons. The molecular formula is C18H29NO4. The maximum atomic E-state index is 10.5. The van der Waals surface area contributed by atoms with Gasteiger partial charge in [-0.3, -0.25) is 0 Å². The first-order valence-corrected chi connectivity index (χ1v) is 9.36. The average molecular weight is 323 g/mol. The highest BCUT2D eigenvalue weighted by molar-refractivity contribution is 5.07. The molecule has 0 amide bonds. The van der Waals surface area contributed by atoms with Crippen molar-refractivity contribution in [1.82, 2.24) is 5.32 Å². The Labute approximate surface area is 138 Å². The second-order valence-electron chi connectivity index (χ2n) is 9.21. The third-order valence-electron chi connectivity index (χ3n) is 6.83. The van der Waals surface area contributed by atoms with E-state index in [1.165, 1.54) is 38.5 Å². The van der Waals surface area contributed by atoms with Gasteiger partial charge in [0.15, 0.2) is 12.1 Å². The summed E-state index contributed by atoms with van der Waals surface area (Å²) in [6, 6.07) is 0. The van der Waals surface area contributed by atoms with E-state index in [4.69, 9.17) is 14.2 Å². The number of nitrogens with one attached hydrogen (secondary N) is 1. The second kappa shape index (κ2) is 4.92. The Morgan fingerprint density at radius 1 is 1.00 bits per heavy atom. The lowest BCUT2D eigenvalue weighted by Gasteiger charge is -2.57. The summed E-state index contributed by atoms with van der Waals surface area (Å²) >= 11 is 0. The number of ether oxygens (including phenoxy) is 3. The average Bonchev–Trinajstić information content (AvgIpc) is 2.89. The fraction of sp³-hybridized carbons (Fsp3) is 1.00. The van der Waals surface area contributed by atoms with Crippen LogP contribution in [0.3, 0.4) is 0 Å². The van der Waals surface area contributed by atoms with Crippen molar-refractivity contribution in [2.24, 2.45) is 17.8 Å². The molecule has 0 aromatic carbocycles. The van der Waals surface area contributed by atoms with E-state index < -0.39 is 18.2 Å². The van der Waals surface area contributed by atoms with E-state index in [9.17, 15) is 5.11 Å². The Bertz CT molecular complexity index is 458. The second-order valence-corrected chi connectivity index (χ2v) is 9.21. The van der Waals surface area contributed by atoms with E-state index in [0.29, 0.717) is 12.1 Å². The molecule has 2 N–H and O–H groups in total. The van der Waals surface area contributed by atoms with Gasteiger partial charge < -0.3 is 24.6 Å². The maximum absolute atomic E-state index is 10.5. The zero-order valence-corrected chi connectivity index (χ0v) is 14.2. The molecule has 0 unspecified atom stereocenters. The van der Waals surface area contributed by atoms with Crippen LogP contribution in [0.5, 0.6) is 0 Å². The molecule has 4 aliphatic carbocycles. The van der Waals surface area contributed by atoms with Crippen LogP contribution >= 0.6 is 0 Å². The third kappa shape index (κ3) is 2.47. The maximum Gasteiger partial charge on any atom is 0.190 e. The van der Waals surface area contributed by atoms with Gasteiger partial charge in [-0.05, 0) is 70.1 Å². The number of rotatable bonds is 3. The van der Waals surface area contributed by atoms with Crippen LogP contribution in [0.1, 0.15) is 52.4 Å². The number of aliphatic hydroxyl groups excluding tert-OH is 1. The highest BCUT2D eigenvalue weighted by Crippen LogP contribution is 2.55. The first-order chi connectivity index (χ1) is 10.9. The Kier molecular flexibility index (Phi) is 3.22. The summed E-state index contributed by atoms with van der Waals surface area (Å²) in [6.45, 7) is 4.43. The van der Waals surface area contributed by atoms with Gasteiger partial charge in [-0.15, -0.1) is 0 Å². The lowest BCUT2D eigenvalue weighted by Crippen LogP contribution is -2.60. The molecule has 0 aromatic rings. The van der Waals surface area contributed by atoms with E-state index in [-0.39, 0.29) is 12.2 Å². The van der Waals surface area contributed by atoms with Gasteiger partial charge in [-0.25, -0.2) is 0 Å². The van der Waals surface area contributed by atoms with Crippen molar-refractivity contribution >= 4 is 0 Å². The van der Waals surface area contributed by atoms with Crippen LogP contribution in [-0.2, 0) is 14.2 Å². The molecule has 0 spiro atoms. The SMILES string of the molecule is CC1(C)O[C@H]2O[C@H](CNC34CC5CC(CC(C5)C3)C4)[C@H](O)[C@H]2O1. The van der Waals surface area contributed by atoms with E-state index in [1.807, 2.05) is 13.8 Å². The number of fused-ring (bicyclic) bond motifs is 1. The minimum Gasteiger partial charge on any atom is -0.387 e. The normalized spacial score (nSPS) is 56.2.